The van der Waals surface area contributed by atoms with E-state index in [4.69, 9.17) is 10.8 Å². The summed E-state index contributed by atoms with van der Waals surface area (Å²) in [5, 5.41) is 11.4. The lowest BCUT2D eigenvalue weighted by molar-refractivity contribution is -0.143. The Bertz CT molecular complexity index is 256. The third-order valence-corrected chi connectivity index (χ3v) is 2.98. The lowest BCUT2D eigenvalue weighted by Crippen LogP contribution is -2.49. The van der Waals surface area contributed by atoms with E-state index >= 15 is 0 Å². The van der Waals surface area contributed by atoms with Gasteiger partial charge in [0.1, 0.15) is 6.04 Å². The average Bonchev–Trinajstić information content (AvgIpc) is 2.23. The van der Waals surface area contributed by atoms with Gasteiger partial charge in [0.15, 0.2) is 0 Å². The first-order valence-electron chi connectivity index (χ1n) is 5.08. The highest BCUT2D eigenvalue weighted by Crippen LogP contribution is 2.13. The van der Waals surface area contributed by atoms with Gasteiger partial charge in [0.2, 0.25) is 5.91 Å². The second-order valence-corrected chi connectivity index (χ2v) is 5.22. The largest absolute Gasteiger partial charge is 0.480 e. The van der Waals surface area contributed by atoms with Crippen molar-refractivity contribution in [1.82, 2.24) is 5.32 Å². The van der Waals surface area contributed by atoms with Crippen molar-refractivity contribution in [3.63, 3.8) is 0 Å². The average molecular weight is 248 g/mol. The molecule has 94 valence electrons. The molecule has 0 aliphatic rings. The molecular weight excluding hydrogens is 228 g/mol. The summed E-state index contributed by atoms with van der Waals surface area (Å²) in [7, 11) is 0. The van der Waals surface area contributed by atoms with Crippen molar-refractivity contribution in [2.45, 2.75) is 26.3 Å². The van der Waals surface area contributed by atoms with Gasteiger partial charge in [-0.25, -0.2) is 4.79 Å². The van der Waals surface area contributed by atoms with Crippen LogP contribution >= 0.6 is 11.8 Å². The Morgan fingerprint density at radius 2 is 2.06 bits per heavy atom. The maximum Gasteiger partial charge on any atom is 0.326 e. The van der Waals surface area contributed by atoms with E-state index in [1.165, 1.54) is 0 Å². The molecule has 0 aromatic rings. The monoisotopic (exact) mass is 248 g/mol. The molecule has 0 aliphatic heterocycles. The van der Waals surface area contributed by atoms with Gasteiger partial charge in [-0.1, -0.05) is 0 Å². The first-order valence-corrected chi connectivity index (χ1v) is 6.47. The molecule has 0 heterocycles. The second-order valence-electron chi connectivity index (χ2n) is 4.23. The summed E-state index contributed by atoms with van der Waals surface area (Å²) in [4.78, 5) is 22.6. The number of nitrogens with two attached hydrogens (primary N) is 1. The Balaban J connectivity index is 4.40. The minimum absolute atomic E-state index is 0.188. The van der Waals surface area contributed by atoms with Gasteiger partial charge in [0.05, 0.1) is 5.41 Å². The first kappa shape index (κ1) is 15.2. The molecule has 0 unspecified atom stereocenters. The van der Waals surface area contributed by atoms with Gasteiger partial charge in [-0.05, 0) is 32.3 Å². The van der Waals surface area contributed by atoms with Gasteiger partial charge in [-0.3, -0.25) is 4.79 Å². The molecular formula is C10H20N2O3S. The number of carbonyl (C=O) groups is 2. The van der Waals surface area contributed by atoms with Crippen molar-refractivity contribution in [2.75, 3.05) is 18.6 Å². The van der Waals surface area contributed by atoms with Crippen LogP contribution in [0.15, 0.2) is 0 Å². The zero-order valence-electron chi connectivity index (χ0n) is 9.95. The summed E-state index contributed by atoms with van der Waals surface area (Å²) in [6.45, 7) is 3.57. The Hall–Kier alpha value is -0.750. The third kappa shape index (κ3) is 4.85. The molecule has 4 N–H and O–H groups in total. The fourth-order valence-electron chi connectivity index (χ4n) is 0.939. The fourth-order valence-corrected chi connectivity index (χ4v) is 1.41. The predicted octanol–water partition coefficient (Wildman–Crippen LogP) is 0.294. The number of rotatable bonds is 7. The molecule has 0 aromatic carbocycles. The maximum atomic E-state index is 11.7. The quantitative estimate of drug-likeness (QED) is 0.602. The van der Waals surface area contributed by atoms with Crippen LogP contribution in [0, 0.1) is 5.41 Å². The Kier molecular flexibility index (Phi) is 6.43. The number of thioether (sulfide) groups is 1. The van der Waals surface area contributed by atoms with Crippen LogP contribution in [0.25, 0.3) is 0 Å². The van der Waals surface area contributed by atoms with Crippen LogP contribution in [0.3, 0.4) is 0 Å². The van der Waals surface area contributed by atoms with Gasteiger partial charge in [-0.15, -0.1) is 0 Å². The van der Waals surface area contributed by atoms with Crippen molar-refractivity contribution in [1.29, 1.82) is 0 Å². The Morgan fingerprint density at radius 1 is 1.50 bits per heavy atom. The predicted molar refractivity (Wildman–Crippen MR) is 65.4 cm³/mol. The van der Waals surface area contributed by atoms with Crippen molar-refractivity contribution in [3.8, 4) is 0 Å². The van der Waals surface area contributed by atoms with Gasteiger partial charge < -0.3 is 16.2 Å². The topological polar surface area (TPSA) is 92.4 Å². The maximum absolute atomic E-state index is 11.7. The van der Waals surface area contributed by atoms with Crippen molar-refractivity contribution in [2.24, 2.45) is 11.1 Å². The molecule has 0 aromatic heterocycles. The summed E-state index contributed by atoms with van der Waals surface area (Å²) in [6, 6.07) is -0.828. The van der Waals surface area contributed by atoms with E-state index in [0.29, 0.717) is 12.2 Å². The van der Waals surface area contributed by atoms with Gasteiger partial charge in [-0.2, -0.15) is 11.8 Å². The van der Waals surface area contributed by atoms with Crippen LogP contribution in [0.4, 0.5) is 0 Å². The van der Waals surface area contributed by atoms with Crippen LogP contribution in [0.1, 0.15) is 20.3 Å². The van der Waals surface area contributed by atoms with Gasteiger partial charge >= 0.3 is 5.97 Å². The van der Waals surface area contributed by atoms with Crippen molar-refractivity contribution < 1.29 is 14.7 Å². The summed E-state index contributed by atoms with van der Waals surface area (Å²) in [5.74, 6) is -0.626. The minimum atomic E-state index is -1.00. The van der Waals surface area contributed by atoms with E-state index in [1.54, 1.807) is 25.6 Å². The summed E-state index contributed by atoms with van der Waals surface area (Å²) < 4.78 is 0. The number of carboxylic acids is 1. The fraction of sp³-hybridized carbons (Fsp3) is 0.800. The molecule has 0 spiro atoms. The van der Waals surface area contributed by atoms with Crippen LogP contribution < -0.4 is 11.1 Å². The number of carboxylic acid groups (broad SMARTS) is 1. The number of nitrogens with one attached hydrogen (secondary N) is 1. The van der Waals surface area contributed by atoms with Crippen molar-refractivity contribution >= 4 is 23.6 Å². The Labute approximate surface area is 100 Å². The van der Waals surface area contributed by atoms with E-state index in [-0.39, 0.29) is 12.5 Å². The van der Waals surface area contributed by atoms with E-state index in [9.17, 15) is 9.59 Å². The number of hydrogen-bond donors (Lipinski definition) is 3. The number of aliphatic carboxylic acids is 1. The summed E-state index contributed by atoms with van der Waals surface area (Å²) >= 11 is 1.55. The molecule has 0 saturated carbocycles. The van der Waals surface area contributed by atoms with Gasteiger partial charge in [0.25, 0.3) is 0 Å². The van der Waals surface area contributed by atoms with Crippen molar-refractivity contribution in [3.05, 3.63) is 0 Å². The standard InChI is InChI=1S/C10H20N2O3S/c1-10(2,6-11)9(15)12-7(8(13)14)4-5-16-3/h7H,4-6,11H2,1-3H3,(H,12,15)(H,13,14)/t7-/m0/s1. The Morgan fingerprint density at radius 3 is 2.44 bits per heavy atom. The van der Waals surface area contributed by atoms with Crippen LogP contribution in [0.5, 0.6) is 0 Å². The van der Waals surface area contributed by atoms with E-state index in [2.05, 4.69) is 5.32 Å². The summed E-state index contributed by atoms with van der Waals surface area (Å²) in [5.41, 5.74) is 4.72. The molecule has 1 amide bonds. The molecule has 5 nitrogen and oxygen atoms in total. The highest BCUT2D eigenvalue weighted by atomic mass is 32.2. The molecule has 6 heteroatoms. The zero-order valence-corrected chi connectivity index (χ0v) is 10.8. The molecule has 0 fully saturated rings. The zero-order chi connectivity index (χ0) is 12.8. The lowest BCUT2D eigenvalue weighted by Gasteiger charge is -2.24. The molecule has 0 rings (SSSR count). The highest BCUT2D eigenvalue weighted by Gasteiger charge is 2.29. The normalized spacial score (nSPS) is 13.2. The number of amides is 1. The molecule has 16 heavy (non-hydrogen) atoms. The molecule has 0 aliphatic carbocycles. The second kappa shape index (κ2) is 6.75. The molecule has 0 bridgehead atoms. The van der Waals surface area contributed by atoms with Crippen LogP contribution in [0.2, 0.25) is 0 Å². The third-order valence-electron chi connectivity index (χ3n) is 2.34. The lowest BCUT2D eigenvalue weighted by atomic mass is 9.92. The van der Waals surface area contributed by atoms with Crippen LogP contribution in [-0.2, 0) is 9.59 Å². The van der Waals surface area contributed by atoms with E-state index in [0.717, 1.165) is 0 Å². The molecule has 0 radical (unpaired) electrons. The minimum Gasteiger partial charge on any atom is -0.480 e. The number of carbonyl (C=O) groups excluding carboxylic acids is 1. The molecule has 1 atom stereocenters. The SMILES string of the molecule is CSCC[C@H](NC(=O)C(C)(C)CN)C(=O)O. The highest BCUT2D eigenvalue weighted by molar-refractivity contribution is 7.98. The molecule has 0 saturated heterocycles. The first-order chi connectivity index (χ1) is 7.35. The van der Waals surface area contributed by atoms with E-state index < -0.39 is 17.4 Å². The summed E-state index contributed by atoms with van der Waals surface area (Å²) in [6.07, 6.45) is 2.31. The van der Waals surface area contributed by atoms with Crippen LogP contribution in [-0.4, -0.2) is 41.6 Å². The number of hydrogen-bond acceptors (Lipinski definition) is 4. The van der Waals surface area contributed by atoms with E-state index in [1.807, 2.05) is 6.26 Å². The van der Waals surface area contributed by atoms with Gasteiger partial charge in [0, 0.05) is 6.54 Å². The smallest absolute Gasteiger partial charge is 0.326 e.